The van der Waals surface area contributed by atoms with Gasteiger partial charge in [-0.25, -0.2) is 0 Å². The first-order valence-electron chi connectivity index (χ1n) is 16.4. The first-order valence-corrected chi connectivity index (χ1v) is 16.4. The summed E-state index contributed by atoms with van der Waals surface area (Å²) in [5, 5.41) is 25.3. The van der Waals surface area contributed by atoms with Crippen molar-refractivity contribution < 1.29 is 20.1 Å². The Kier molecular flexibility index (Phi) is 16.4. The molecule has 0 bridgehead atoms. The summed E-state index contributed by atoms with van der Waals surface area (Å²) < 4.78 is 6.72. The molecule has 0 amide bonds. The Bertz CT molecular complexity index is 631. The monoisotopic (exact) mass is 555 g/mol. The van der Waals surface area contributed by atoms with Crippen LogP contribution in [0.15, 0.2) is 0 Å². The molecule has 5 unspecified atom stereocenters. The summed E-state index contributed by atoms with van der Waals surface area (Å²) in [7, 11) is 0. The first kappa shape index (κ1) is 34.9. The zero-order valence-electron chi connectivity index (χ0n) is 25.5. The lowest BCUT2D eigenvalue weighted by Gasteiger charge is -2.62. The molecule has 0 radical (unpaired) electrons. The zero-order valence-corrected chi connectivity index (χ0v) is 25.5. The maximum absolute atomic E-state index is 9.29. The van der Waals surface area contributed by atoms with Crippen molar-refractivity contribution >= 4 is 0 Å². The molecule has 0 aromatic heterocycles. The Morgan fingerprint density at radius 3 is 1.97 bits per heavy atom. The fourth-order valence-corrected chi connectivity index (χ4v) is 9.07. The van der Waals surface area contributed by atoms with E-state index in [1.165, 1.54) is 70.6 Å². The fraction of sp³-hybridized carbons (Fsp3) is 1.00. The van der Waals surface area contributed by atoms with Crippen LogP contribution in [0.3, 0.4) is 0 Å². The van der Waals surface area contributed by atoms with Crippen molar-refractivity contribution in [2.75, 3.05) is 46.1 Å². The second-order valence-corrected chi connectivity index (χ2v) is 13.2. The lowest BCUT2D eigenvalue weighted by atomic mass is 9.44. The minimum atomic E-state index is 0.219. The van der Waals surface area contributed by atoms with Gasteiger partial charge in [-0.3, -0.25) is 0 Å². The number of fused-ring (bicyclic) bond motifs is 5. The SMILES string of the molecule is C[C@]12CCCCC1CCC1C2C[C@H](OCCCN)[C@]2(C)C(CCCCO)CCC12.NCCCO.NCCCO. The molecule has 0 heterocycles. The number of aliphatic hydroxyl groups excluding tert-OH is 3. The van der Waals surface area contributed by atoms with Crippen molar-refractivity contribution in [1.29, 1.82) is 0 Å². The van der Waals surface area contributed by atoms with Crippen LogP contribution >= 0.6 is 0 Å². The van der Waals surface area contributed by atoms with Crippen molar-refractivity contribution in [3.05, 3.63) is 0 Å². The first-order chi connectivity index (χ1) is 18.9. The highest BCUT2D eigenvalue weighted by atomic mass is 16.5. The van der Waals surface area contributed by atoms with E-state index in [-0.39, 0.29) is 13.2 Å². The van der Waals surface area contributed by atoms with Crippen LogP contribution in [0.5, 0.6) is 0 Å². The van der Waals surface area contributed by atoms with E-state index in [1.807, 2.05) is 0 Å². The Hall–Kier alpha value is -0.280. The molecule has 0 spiro atoms. The van der Waals surface area contributed by atoms with Crippen molar-refractivity contribution in [2.45, 2.75) is 116 Å². The van der Waals surface area contributed by atoms with E-state index in [2.05, 4.69) is 13.8 Å². The molecular formula is C32H65N3O4. The van der Waals surface area contributed by atoms with Gasteiger partial charge >= 0.3 is 0 Å². The van der Waals surface area contributed by atoms with Crippen molar-refractivity contribution in [3.8, 4) is 0 Å². The number of hydrogen-bond donors (Lipinski definition) is 6. The quantitative estimate of drug-likeness (QED) is 0.198. The molecule has 7 nitrogen and oxygen atoms in total. The van der Waals surface area contributed by atoms with Gasteiger partial charge in [-0.2, -0.15) is 0 Å². The number of rotatable bonds is 12. The van der Waals surface area contributed by atoms with Gasteiger partial charge in [0, 0.05) is 26.4 Å². The van der Waals surface area contributed by atoms with Crippen LogP contribution in [-0.2, 0) is 4.74 Å². The van der Waals surface area contributed by atoms with Crippen molar-refractivity contribution in [2.24, 2.45) is 57.6 Å². The van der Waals surface area contributed by atoms with Gasteiger partial charge < -0.3 is 37.3 Å². The molecule has 4 rings (SSSR count). The summed E-state index contributed by atoms with van der Waals surface area (Å²) in [4.78, 5) is 0. The molecule has 0 aliphatic heterocycles. The Morgan fingerprint density at radius 1 is 0.718 bits per heavy atom. The summed E-state index contributed by atoms with van der Waals surface area (Å²) in [6, 6.07) is 0. The lowest BCUT2D eigenvalue weighted by Crippen LogP contribution is -2.58. The van der Waals surface area contributed by atoms with E-state index in [1.54, 1.807) is 0 Å². The second-order valence-electron chi connectivity index (χ2n) is 13.2. The van der Waals surface area contributed by atoms with E-state index < -0.39 is 0 Å². The van der Waals surface area contributed by atoms with E-state index in [4.69, 9.17) is 32.2 Å². The van der Waals surface area contributed by atoms with E-state index in [0.717, 1.165) is 68.4 Å². The minimum absolute atomic E-state index is 0.219. The molecule has 4 fully saturated rings. The third-order valence-corrected chi connectivity index (χ3v) is 11.2. The highest BCUT2D eigenvalue weighted by Crippen LogP contribution is 2.68. The molecule has 39 heavy (non-hydrogen) atoms. The summed E-state index contributed by atoms with van der Waals surface area (Å²) in [6.45, 7) is 8.81. The molecule has 7 heteroatoms. The molecule has 9 N–H and O–H groups in total. The summed E-state index contributed by atoms with van der Waals surface area (Å²) >= 11 is 0. The number of unbranched alkanes of at least 4 members (excludes halogenated alkanes) is 1. The molecule has 0 aromatic rings. The normalized spacial score (nSPS) is 36.9. The maximum atomic E-state index is 9.29. The van der Waals surface area contributed by atoms with Crippen molar-refractivity contribution in [1.82, 2.24) is 0 Å². The maximum Gasteiger partial charge on any atom is 0.0637 e. The lowest BCUT2D eigenvalue weighted by molar-refractivity contribution is -0.181. The van der Waals surface area contributed by atoms with Crippen LogP contribution in [0, 0.1) is 40.4 Å². The summed E-state index contributed by atoms with van der Waals surface area (Å²) in [5.41, 5.74) is 16.7. The van der Waals surface area contributed by atoms with Gasteiger partial charge in [-0.1, -0.05) is 33.1 Å². The Balaban J connectivity index is 0.000000458. The van der Waals surface area contributed by atoms with Crippen LogP contribution in [-0.4, -0.2) is 67.5 Å². The molecule has 4 saturated carbocycles. The fourth-order valence-electron chi connectivity index (χ4n) is 9.07. The average molecular weight is 556 g/mol. The highest BCUT2D eigenvalue weighted by Gasteiger charge is 2.63. The van der Waals surface area contributed by atoms with Gasteiger partial charge in [0.25, 0.3) is 0 Å². The second kappa shape index (κ2) is 18.3. The number of nitrogens with two attached hydrogens (primary N) is 3. The molecule has 4 aliphatic carbocycles. The Labute approximate surface area is 240 Å². The number of hydrogen-bond acceptors (Lipinski definition) is 7. The zero-order chi connectivity index (χ0) is 28.7. The van der Waals surface area contributed by atoms with Gasteiger partial charge in [0.1, 0.15) is 0 Å². The van der Waals surface area contributed by atoms with Crippen LogP contribution in [0.25, 0.3) is 0 Å². The summed E-state index contributed by atoms with van der Waals surface area (Å²) in [6.07, 6.45) is 19.2. The van der Waals surface area contributed by atoms with Gasteiger partial charge in [0.15, 0.2) is 0 Å². The van der Waals surface area contributed by atoms with Crippen LogP contribution in [0.1, 0.15) is 110 Å². The van der Waals surface area contributed by atoms with Crippen LogP contribution in [0.2, 0.25) is 0 Å². The van der Waals surface area contributed by atoms with Gasteiger partial charge in [-0.05, 0) is 137 Å². The molecular weight excluding hydrogens is 490 g/mol. The predicted octanol–water partition coefficient (Wildman–Crippen LogP) is 4.20. The largest absolute Gasteiger partial charge is 0.396 e. The van der Waals surface area contributed by atoms with Crippen molar-refractivity contribution in [3.63, 3.8) is 0 Å². The topological polar surface area (TPSA) is 148 Å². The third-order valence-electron chi connectivity index (χ3n) is 11.2. The van der Waals surface area contributed by atoms with E-state index in [0.29, 0.717) is 36.6 Å². The third kappa shape index (κ3) is 8.86. The number of ether oxygens (including phenoxy) is 1. The van der Waals surface area contributed by atoms with E-state index in [9.17, 15) is 5.11 Å². The molecule has 0 saturated heterocycles. The van der Waals surface area contributed by atoms with E-state index >= 15 is 0 Å². The van der Waals surface area contributed by atoms with Crippen LogP contribution in [0.4, 0.5) is 0 Å². The highest BCUT2D eigenvalue weighted by molar-refractivity contribution is 5.12. The smallest absolute Gasteiger partial charge is 0.0637 e. The average Bonchev–Trinajstić information content (AvgIpc) is 3.28. The van der Waals surface area contributed by atoms with Gasteiger partial charge in [0.05, 0.1) is 6.10 Å². The molecule has 0 aromatic carbocycles. The molecule has 4 aliphatic rings. The predicted molar refractivity (Wildman–Crippen MR) is 161 cm³/mol. The van der Waals surface area contributed by atoms with Gasteiger partial charge in [-0.15, -0.1) is 0 Å². The molecule has 232 valence electrons. The van der Waals surface area contributed by atoms with Crippen LogP contribution < -0.4 is 17.2 Å². The minimum Gasteiger partial charge on any atom is -0.396 e. The summed E-state index contributed by atoms with van der Waals surface area (Å²) in [5.74, 6) is 4.39. The Morgan fingerprint density at radius 2 is 1.38 bits per heavy atom. The standard InChI is InChI=1S/C26H47NO2.2C3H9NO/c1-25-14-5-3-8-19(25)10-12-21-22-13-11-20(9-4-6-16-28)26(22,2)24(18-23(21)25)29-17-7-15-27;2*4-2-1-3-5/h19-24,28H,3-18,27H2,1-2H3;2*5H,1-4H2/t19?,20?,21?,22?,23?,24-,25-,26+;;/m0../s1. The number of aliphatic hydroxyl groups is 3. The molecule has 8 atom stereocenters. The van der Waals surface area contributed by atoms with Gasteiger partial charge in [0.2, 0.25) is 0 Å².